The highest BCUT2D eigenvalue weighted by Gasteiger charge is 2.16. The summed E-state index contributed by atoms with van der Waals surface area (Å²) in [5.74, 6) is 1.77. The summed E-state index contributed by atoms with van der Waals surface area (Å²) >= 11 is 1.94. The third-order valence-corrected chi connectivity index (χ3v) is 5.56. The molecule has 0 aromatic heterocycles. The van der Waals surface area contributed by atoms with E-state index in [9.17, 15) is 13.9 Å². The second-order valence-electron chi connectivity index (χ2n) is 6.82. The molecule has 0 bridgehead atoms. The van der Waals surface area contributed by atoms with Crippen molar-refractivity contribution in [3.8, 4) is 5.75 Å². The molecule has 1 heterocycles. The minimum atomic E-state index is -0.582. The molecule has 0 spiro atoms. The molecule has 2 aromatic rings. The molecule has 1 aliphatic rings. The summed E-state index contributed by atoms with van der Waals surface area (Å²) in [6.45, 7) is 3.62. The van der Waals surface area contributed by atoms with Crippen molar-refractivity contribution in [3.05, 3.63) is 65.2 Å². The maximum absolute atomic E-state index is 13.7. The molecule has 1 fully saturated rings. The van der Waals surface area contributed by atoms with Gasteiger partial charge < -0.3 is 15.2 Å². The van der Waals surface area contributed by atoms with Crippen molar-refractivity contribution in [1.29, 1.82) is 0 Å². The molecule has 2 N–H and O–H groups in total. The maximum atomic E-state index is 13.7. The fourth-order valence-corrected chi connectivity index (χ4v) is 4.09. The number of aliphatic hydroxyl groups is 1. The first-order valence-electron chi connectivity index (χ1n) is 9.45. The summed E-state index contributed by atoms with van der Waals surface area (Å²) in [6, 6.07) is 11.2. The smallest absolute Gasteiger partial charge is 0.130 e. The number of aliphatic hydroxyl groups excluding tert-OH is 1. The Hall–Kier alpha value is -1.67. The summed E-state index contributed by atoms with van der Waals surface area (Å²) in [5.41, 5.74) is 1.33. The molecule has 3 rings (SSSR count). The highest BCUT2D eigenvalue weighted by molar-refractivity contribution is 7.99. The lowest BCUT2D eigenvalue weighted by Crippen LogP contribution is -2.40. The Labute approximate surface area is 168 Å². The molecule has 1 saturated heterocycles. The molecule has 4 nitrogen and oxygen atoms in total. The molecule has 0 aliphatic carbocycles. The van der Waals surface area contributed by atoms with Crippen molar-refractivity contribution < 1.29 is 18.6 Å². The second-order valence-corrected chi connectivity index (χ2v) is 8.05. The van der Waals surface area contributed by atoms with Crippen LogP contribution >= 0.6 is 11.8 Å². The van der Waals surface area contributed by atoms with Gasteiger partial charge in [0.15, 0.2) is 0 Å². The molecular formula is C21H26F2N2O2S. The van der Waals surface area contributed by atoms with Crippen LogP contribution in [0.25, 0.3) is 0 Å². The normalized spacial score (nSPS) is 16.1. The van der Waals surface area contributed by atoms with Crippen LogP contribution in [-0.4, -0.2) is 53.9 Å². The van der Waals surface area contributed by atoms with Crippen LogP contribution in [-0.2, 0) is 13.1 Å². The highest BCUT2D eigenvalue weighted by Crippen LogP contribution is 2.19. The first kappa shape index (κ1) is 21.0. The number of para-hydroxylation sites is 1. The Morgan fingerprint density at radius 2 is 1.82 bits per heavy atom. The Balaban J connectivity index is 1.48. The predicted octanol–water partition coefficient (Wildman–Crippen LogP) is 3.04. The lowest BCUT2D eigenvalue weighted by atomic mass is 10.1. The van der Waals surface area contributed by atoms with Crippen molar-refractivity contribution in [3.63, 3.8) is 0 Å². The summed E-state index contributed by atoms with van der Waals surface area (Å²) in [7, 11) is 0. The van der Waals surface area contributed by atoms with Crippen molar-refractivity contribution in [2.45, 2.75) is 19.2 Å². The van der Waals surface area contributed by atoms with E-state index in [1.165, 1.54) is 12.1 Å². The van der Waals surface area contributed by atoms with E-state index >= 15 is 0 Å². The third-order valence-electron chi connectivity index (χ3n) is 4.62. The number of rotatable bonds is 9. The van der Waals surface area contributed by atoms with E-state index in [2.05, 4.69) is 10.2 Å². The number of nitrogens with one attached hydrogen (secondary N) is 1. The molecule has 0 unspecified atom stereocenters. The number of nitrogens with zero attached hydrogens (tertiary/aromatic N) is 1. The van der Waals surface area contributed by atoms with Gasteiger partial charge in [-0.25, -0.2) is 8.78 Å². The van der Waals surface area contributed by atoms with Crippen LogP contribution in [0.15, 0.2) is 42.5 Å². The van der Waals surface area contributed by atoms with Gasteiger partial charge in [-0.3, -0.25) is 4.90 Å². The number of benzene rings is 2. The van der Waals surface area contributed by atoms with Gasteiger partial charge in [0, 0.05) is 61.4 Å². The van der Waals surface area contributed by atoms with Gasteiger partial charge in [0.25, 0.3) is 0 Å². The maximum Gasteiger partial charge on any atom is 0.130 e. The molecular weight excluding hydrogens is 382 g/mol. The Morgan fingerprint density at radius 3 is 2.61 bits per heavy atom. The monoisotopic (exact) mass is 408 g/mol. The Kier molecular flexibility index (Phi) is 8.09. The van der Waals surface area contributed by atoms with Crippen molar-refractivity contribution >= 4 is 11.8 Å². The van der Waals surface area contributed by atoms with Crippen LogP contribution < -0.4 is 10.1 Å². The quantitative estimate of drug-likeness (QED) is 0.668. The van der Waals surface area contributed by atoms with Crippen LogP contribution in [0.5, 0.6) is 5.75 Å². The van der Waals surface area contributed by atoms with Crippen molar-refractivity contribution in [2.24, 2.45) is 0 Å². The largest absolute Gasteiger partial charge is 0.491 e. The standard InChI is InChI=1S/C21H26F2N2O2S/c22-18-6-5-16(20(23)11-18)12-24-13-17-3-1-2-4-21(17)27-15-19(26)14-25-7-9-28-10-8-25/h1-6,11,19,24,26H,7-10,12-15H2/t19-/m1/s1. The molecule has 28 heavy (non-hydrogen) atoms. The fraction of sp³-hybridized carbons (Fsp3) is 0.429. The second kappa shape index (κ2) is 10.8. The first-order chi connectivity index (χ1) is 13.6. The predicted molar refractivity (Wildman–Crippen MR) is 109 cm³/mol. The van der Waals surface area contributed by atoms with E-state index in [1.54, 1.807) is 0 Å². The Bertz CT molecular complexity index is 757. The summed E-state index contributed by atoms with van der Waals surface area (Å²) in [6.07, 6.45) is -0.544. The van der Waals surface area contributed by atoms with Crippen molar-refractivity contribution in [1.82, 2.24) is 10.2 Å². The zero-order valence-electron chi connectivity index (χ0n) is 15.7. The highest BCUT2D eigenvalue weighted by atomic mass is 32.2. The Morgan fingerprint density at radius 1 is 1.07 bits per heavy atom. The minimum absolute atomic E-state index is 0.229. The summed E-state index contributed by atoms with van der Waals surface area (Å²) in [5, 5.41) is 13.4. The van der Waals surface area contributed by atoms with Gasteiger partial charge in [0.05, 0.1) is 0 Å². The van der Waals surface area contributed by atoms with E-state index in [-0.39, 0.29) is 13.2 Å². The van der Waals surface area contributed by atoms with E-state index in [0.29, 0.717) is 24.4 Å². The average molecular weight is 409 g/mol. The molecule has 1 aliphatic heterocycles. The molecule has 7 heteroatoms. The molecule has 0 radical (unpaired) electrons. The molecule has 0 amide bonds. The SMILES string of the molecule is O[C@@H](COc1ccccc1CNCc1ccc(F)cc1F)CN1CCSCC1. The van der Waals surface area contributed by atoms with Gasteiger partial charge >= 0.3 is 0 Å². The van der Waals surface area contributed by atoms with Crippen LogP contribution in [0, 0.1) is 11.6 Å². The zero-order chi connectivity index (χ0) is 19.8. The van der Waals surface area contributed by atoms with Gasteiger partial charge in [-0.1, -0.05) is 24.3 Å². The number of hydrogen-bond acceptors (Lipinski definition) is 5. The van der Waals surface area contributed by atoms with Gasteiger partial charge in [0.1, 0.15) is 30.1 Å². The number of hydrogen-bond donors (Lipinski definition) is 2. The van der Waals surface area contributed by atoms with Gasteiger partial charge in [-0.05, 0) is 12.1 Å². The van der Waals surface area contributed by atoms with E-state index < -0.39 is 17.7 Å². The number of halogens is 2. The zero-order valence-corrected chi connectivity index (χ0v) is 16.6. The number of ether oxygens (including phenoxy) is 1. The molecule has 2 aromatic carbocycles. The van der Waals surface area contributed by atoms with Crippen LogP contribution in [0.3, 0.4) is 0 Å². The van der Waals surface area contributed by atoms with Gasteiger partial charge in [-0.2, -0.15) is 11.8 Å². The fourth-order valence-electron chi connectivity index (χ4n) is 3.11. The average Bonchev–Trinajstić information content (AvgIpc) is 2.69. The lowest BCUT2D eigenvalue weighted by molar-refractivity contribution is 0.0711. The number of β-amino-alcohol motifs (C(OH)–C–C–N with tert-alkyl or cyclic N) is 1. The van der Waals surface area contributed by atoms with Crippen LogP contribution in [0.1, 0.15) is 11.1 Å². The van der Waals surface area contributed by atoms with Crippen molar-refractivity contribution in [2.75, 3.05) is 37.7 Å². The molecule has 0 saturated carbocycles. The van der Waals surface area contributed by atoms with E-state index in [0.717, 1.165) is 36.2 Å². The summed E-state index contributed by atoms with van der Waals surface area (Å²) in [4.78, 5) is 2.26. The molecule has 1 atom stereocenters. The van der Waals surface area contributed by atoms with Crippen LogP contribution in [0.4, 0.5) is 8.78 Å². The lowest BCUT2D eigenvalue weighted by Gasteiger charge is -2.28. The number of thioether (sulfide) groups is 1. The van der Waals surface area contributed by atoms with E-state index in [1.807, 2.05) is 36.0 Å². The first-order valence-corrected chi connectivity index (χ1v) is 10.6. The summed E-state index contributed by atoms with van der Waals surface area (Å²) < 4.78 is 32.5. The topological polar surface area (TPSA) is 44.7 Å². The third kappa shape index (κ3) is 6.44. The minimum Gasteiger partial charge on any atom is -0.491 e. The van der Waals surface area contributed by atoms with Gasteiger partial charge in [0.2, 0.25) is 0 Å². The van der Waals surface area contributed by atoms with Crippen LogP contribution in [0.2, 0.25) is 0 Å². The van der Waals surface area contributed by atoms with Gasteiger partial charge in [-0.15, -0.1) is 0 Å². The van der Waals surface area contributed by atoms with E-state index in [4.69, 9.17) is 4.74 Å². The molecule has 152 valence electrons.